The van der Waals surface area contributed by atoms with Gasteiger partial charge in [0.15, 0.2) is 11.5 Å². The van der Waals surface area contributed by atoms with Crippen LogP contribution in [0.3, 0.4) is 0 Å². The largest absolute Gasteiger partial charge is 0.493 e. The summed E-state index contributed by atoms with van der Waals surface area (Å²) in [6.07, 6.45) is 3.40. The summed E-state index contributed by atoms with van der Waals surface area (Å²) in [7, 11) is 1.60. The van der Waals surface area contributed by atoms with Gasteiger partial charge in [0.1, 0.15) is 0 Å². The maximum atomic E-state index is 9.17. The van der Waals surface area contributed by atoms with Crippen LogP contribution in [-0.4, -0.2) is 25.4 Å². The molecule has 4 heteroatoms. The predicted molar refractivity (Wildman–Crippen MR) is 76.7 cm³/mol. The number of methoxy groups -OCH3 is 1. The zero-order chi connectivity index (χ0) is 14.3. The number of aliphatic hydroxyl groups is 1. The molecule has 1 aromatic carbocycles. The summed E-state index contributed by atoms with van der Waals surface area (Å²) < 4.78 is 11.1. The fourth-order valence-corrected chi connectivity index (χ4v) is 1.83. The fraction of sp³-hybridized carbons (Fsp3) is 0.467. The van der Waals surface area contributed by atoms with Crippen molar-refractivity contribution in [2.24, 2.45) is 5.73 Å². The molecule has 0 saturated carbocycles. The molecule has 106 valence electrons. The zero-order valence-corrected chi connectivity index (χ0v) is 11.7. The Morgan fingerprint density at radius 2 is 2.21 bits per heavy atom. The highest BCUT2D eigenvalue weighted by atomic mass is 16.5. The number of benzene rings is 1. The van der Waals surface area contributed by atoms with Gasteiger partial charge in [0.2, 0.25) is 0 Å². The van der Waals surface area contributed by atoms with Gasteiger partial charge in [0, 0.05) is 5.56 Å². The molecule has 3 N–H and O–H groups in total. The normalized spacial score (nSPS) is 12.0. The van der Waals surface area contributed by atoms with Gasteiger partial charge in [-0.1, -0.05) is 13.0 Å². The Bertz CT molecular complexity index is 418. The lowest BCUT2D eigenvalue weighted by Crippen LogP contribution is -2.15. The third kappa shape index (κ3) is 3.98. The molecule has 0 heterocycles. The minimum atomic E-state index is -0.419. The highest BCUT2D eigenvalue weighted by molar-refractivity contribution is 5.51. The molecule has 19 heavy (non-hydrogen) atoms. The van der Waals surface area contributed by atoms with Crippen LogP contribution in [0, 0.1) is 0 Å². The van der Waals surface area contributed by atoms with E-state index in [1.807, 2.05) is 18.2 Å². The number of aliphatic hydroxyl groups excluding tert-OH is 1. The quantitative estimate of drug-likeness (QED) is 0.707. The third-order valence-electron chi connectivity index (χ3n) is 2.81. The molecule has 0 unspecified atom stereocenters. The molecular weight excluding hydrogens is 242 g/mol. The van der Waals surface area contributed by atoms with Crippen LogP contribution in [-0.2, 0) is 6.42 Å². The van der Waals surface area contributed by atoms with Gasteiger partial charge in [0.25, 0.3) is 0 Å². The summed E-state index contributed by atoms with van der Waals surface area (Å²) in [5.74, 6) is 1.38. The minimum absolute atomic E-state index is 0.105. The molecule has 4 nitrogen and oxygen atoms in total. The van der Waals surface area contributed by atoms with Crippen molar-refractivity contribution in [2.45, 2.75) is 25.8 Å². The SMILES string of the molecule is C=CCc1cc([C@H](N)CO)cc(OC)c1OCCC. The van der Waals surface area contributed by atoms with Gasteiger partial charge in [-0.2, -0.15) is 0 Å². The second-order valence-corrected chi connectivity index (χ2v) is 4.34. The molecule has 0 amide bonds. The van der Waals surface area contributed by atoms with Gasteiger partial charge in [-0.05, 0) is 30.5 Å². The van der Waals surface area contributed by atoms with Gasteiger partial charge < -0.3 is 20.3 Å². The molecule has 0 spiro atoms. The summed E-state index contributed by atoms with van der Waals surface area (Å²) >= 11 is 0. The maximum absolute atomic E-state index is 9.17. The Morgan fingerprint density at radius 1 is 1.47 bits per heavy atom. The molecule has 0 aliphatic heterocycles. The monoisotopic (exact) mass is 265 g/mol. The van der Waals surface area contributed by atoms with E-state index in [1.54, 1.807) is 7.11 Å². The van der Waals surface area contributed by atoms with Crippen LogP contribution < -0.4 is 15.2 Å². The topological polar surface area (TPSA) is 64.7 Å². The van der Waals surface area contributed by atoms with Crippen molar-refractivity contribution >= 4 is 0 Å². The minimum Gasteiger partial charge on any atom is -0.493 e. The van der Waals surface area contributed by atoms with E-state index in [0.29, 0.717) is 18.8 Å². The first kappa shape index (κ1) is 15.5. The van der Waals surface area contributed by atoms with Crippen molar-refractivity contribution < 1.29 is 14.6 Å². The van der Waals surface area contributed by atoms with Crippen LogP contribution in [0.15, 0.2) is 24.8 Å². The summed E-state index contributed by atoms with van der Waals surface area (Å²) in [5.41, 5.74) is 7.67. The van der Waals surface area contributed by atoms with Gasteiger partial charge in [-0.25, -0.2) is 0 Å². The standard InChI is InChI=1S/C15H23NO3/c1-4-6-11-8-12(13(16)10-17)9-14(18-3)15(11)19-7-5-2/h4,8-9,13,17H,1,5-7,10,16H2,2-3H3/t13-/m1/s1. The molecule has 0 bridgehead atoms. The van der Waals surface area contributed by atoms with Crippen LogP contribution in [0.2, 0.25) is 0 Å². The molecule has 1 rings (SSSR count). The van der Waals surface area contributed by atoms with Crippen molar-refractivity contribution in [1.29, 1.82) is 0 Å². The first-order chi connectivity index (χ1) is 9.17. The Kier molecular flexibility index (Phi) is 6.39. The van der Waals surface area contributed by atoms with Gasteiger partial charge >= 0.3 is 0 Å². The average Bonchev–Trinajstić information content (AvgIpc) is 2.44. The molecular formula is C15H23NO3. The first-order valence-electron chi connectivity index (χ1n) is 6.48. The summed E-state index contributed by atoms with van der Waals surface area (Å²) in [5, 5.41) is 9.17. The average molecular weight is 265 g/mol. The van der Waals surface area contributed by atoms with Crippen LogP contribution in [0.1, 0.15) is 30.5 Å². The first-order valence-corrected chi connectivity index (χ1v) is 6.48. The Balaban J connectivity index is 3.22. The van der Waals surface area contributed by atoms with Crippen LogP contribution in [0.25, 0.3) is 0 Å². The lowest BCUT2D eigenvalue weighted by Gasteiger charge is -2.18. The molecule has 0 aliphatic rings. The van der Waals surface area contributed by atoms with E-state index in [-0.39, 0.29) is 6.61 Å². The molecule has 0 fully saturated rings. The number of allylic oxidation sites excluding steroid dienone is 1. The van der Waals surface area contributed by atoms with Gasteiger partial charge in [0.05, 0.1) is 26.4 Å². The molecule has 1 aromatic rings. The zero-order valence-electron chi connectivity index (χ0n) is 11.7. The lowest BCUT2D eigenvalue weighted by atomic mass is 10.0. The third-order valence-corrected chi connectivity index (χ3v) is 2.81. The predicted octanol–water partition coefficient (Wildman–Crippen LogP) is 2.20. The number of rotatable bonds is 8. The molecule has 0 aliphatic carbocycles. The van der Waals surface area contributed by atoms with E-state index in [1.165, 1.54) is 0 Å². The maximum Gasteiger partial charge on any atom is 0.164 e. The number of nitrogens with two attached hydrogens (primary N) is 1. The van der Waals surface area contributed by atoms with Crippen molar-refractivity contribution in [1.82, 2.24) is 0 Å². The molecule has 1 atom stereocenters. The van der Waals surface area contributed by atoms with Crippen LogP contribution in [0.4, 0.5) is 0 Å². The van der Waals surface area contributed by atoms with E-state index >= 15 is 0 Å². The molecule has 0 aromatic heterocycles. The van der Waals surface area contributed by atoms with E-state index in [4.69, 9.17) is 20.3 Å². The van der Waals surface area contributed by atoms with Gasteiger partial charge in [-0.3, -0.25) is 0 Å². The van der Waals surface area contributed by atoms with Crippen molar-refractivity contribution in [3.8, 4) is 11.5 Å². The summed E-state index contributed by atoms with van der Waals surface area (Å²) in [6, 6.07) is 3.34. The summed E-state index contributed by atoms with van der Waals surface area (Å²) in [6.45, 7) is 6.33. The summed E-state index contributed by atoms with van der Waals surface area (Å²) in [4.78, 5) is 0. The smallest absolute Gasteiger partial charge is 0.164 e. The van der Waals surface area contributed by atoms with E-state index in [0.717, 1.165) is 23.3 Å². The van der Waals surface area contributed by atoms with Crippen LogP contribution in [0.5, 0.6) is 11.5 Å². The second-order valence-electron chi connectivity index (χ2n) is 4.34. The Hall–Kier alpha value is -1.52. The van der Waals surface area contributed by atoms with Gasteiger partial charge in [-0.15, -0.1) is 6.58 Å². The second kappa shape index (κ2) is 7.81. The van der Waals surface area contributed by atoms with E-state index in [9.17, 15) is 0 Å². The van der Waals surface area contributed by atoms with Crippen molar-refractivity contribution in [2.75, 3.05) is 20.3 Å². The van der Waals surface area contributed by atoms with E-state index < -0.39 is 6.04 Å². The highest BCUT2D eigenvalue weighted by Crippen LogP contribution is 2.35. The van der Waals surface area contributed by atoms with Crippen molar-refractivity contribution in [3.63, 3.8) is 0 Å². The van der Waals surface area contributed by atoms with E-state index in [2.05, 4.69) is 13.5 Å². The highest BCUT2D eigenvalue weighted by Gasteiger charge is 2.15. The lowest BCUT2D eigenvalue weighted by molar-refractivity contribution is 0.266. The Labute approximate surface area is 114 Å². The number of hydrogen-bond donors (Lipinski definition) is 2. The molecule has 0 saturated heterocycles. The Morgan fingerprint density at radius 3 is 2.74 bits per heavy atom. The van der Waals surface area contributed by atoms with Crippen LogP contribution >= 0.6 is 0 Å². The molecule has 0 radical (unpaired) electrons. The number of ether oxygens (including phenoxy) is 2. The van der Waals surface area contributed by atoms with Crippen molar-refractivity contribution in [3.05, 3.63) is 35.9 Å². The number of hydrogen-bond acceptors (Lipinski definition) is 4. The fourth-order valence-electron chi connectivity index (χ4n) is 1.83.